The van der Waals surface area contributed by atoms with Crippen LogP contribution in [0.15, 0.2) is 0 Å². The van der Waals surface area contributed by atoms with Gasteiger partial charge >= 0.3 is 0 Å². The van der Waals surface area contributed by atoms with E-state index in [1.807, 2.05) is 0 Å². The first-order valence-electron chi connectivity index (χ1n) is 3.82. The normalized spacial score (nSPS) is 10.6. The number of rotatable bonds is 1. The van der Waals surface area contributed by atoms with Crippen LogP contribution in [-0.4, -0.2) is 0 Å². The van der Waals surface area contributed by atoms with E-state index in [2.05, 4.69) is 0 Å². The van der Waals surface area contributed by atoms with E-state index >= 15 is 0 Å². The molecule has 0 heterocycles. The van der Waals surface area contributed by atoms with Crippen LogP contribution in [0.4, 0.5) is 13.2 Å². The Labute approximate surface area is 79.3 Å². The molecule has 13 heavy (non-hydrogen) atoms. The third-order valence-corrected chi connectivity index (χ3v) is 2.32. The zero-order valence-electron chi connectivity index (χ0n) is 7.22. The molecule has 0 atom stereocenters. The molecule has 0 aliphatic rings. The van der Waals surface area contributed by atoms with Gasteiger partial charge in [-0.25, -0.2) is 13.2 Å². The molecule has 0 fully saturated rings. The quantitative estimate of drug-likeness (QED) is 0.488. The van der Waals surface area contributed by atoms with Crippen molar-refractivity contribution in [2.75, 3.05) is 0 Å². The van der Waals surface area contributed by atoms with Gasteiger partial charge in [0, 0.05) is 11.1 Å². The van der Waals surface area contributed by atoms with E-state index in [0.29, 0.717) is 0 Å². The molecule has 72 valence electrons. The van der Waals surface area contributed by atoms with Gasteiger partial charge in [0.15, 0.2) is 11.6 Å². The molecule has 0 aromatic heterocycles. The maximum atomic E-state index is 13.2. The van der Waals surface area contributed by atoms with Crippen LogP contribution in [0.3, 0.4) is 0 Å². The molecule has 0 aliphatic carbocycles. The maximum absolute atomic E-state index is 13.2. The zero-order valence-corrected chi connectivity index (χ0v) is 7.97. The largest absolute Gasteiger partial charge is 0.206 e. The minimum absolute atomic E-state index is 0.0260. The van der Waals surface area contributed by atoms with Crippen molar-refractivity contribution in [3.8, 4) is 0 Å². The predicted molar refractivity (Wildman–Crippen MR) is 45.4 cm³/mol. The molecular formula is C9H8ClF3. The van der Waals surface area contributed by atoms with Gasteiger partial charge in [0.2, 0.25) is 0 Å². The molecule has 1 aromatic carbocycles. The highest BCUT2D eigenvalue weighted by Crippen LogP contribution is 2.28. The molecule has 0 unspecified atom stereocenters. The summed E-state index contributed by atoms with van der Waals surface area (Å²) in [5, 5.41) is -0.455. The Bertz CT molecular complexity index is 318. The Kier molecular flexibility index (Phi) is 2.86. The summed E-state index contributed by atoms with van der Waals surface area (Å²) in [5.74, 6) is -3.14. The predicted octanol–water partition coefficient (Wildman–Crippen LogP) is 3.63. The Morgan fingerprint density at radius 1 is 1.08 bits per heavy atom. The molecule has 0 N–H and O–H groups in total. The summed E-state index contributed by atoms with van der Waals surface area (Å²) >= 11 is 5.42. The summed E-state index contributed by atoms with van der Waals surface area (Å²) in [6.45, 7) is 2.81. The van der Waals surface area contributed by atoms with E-state index in [1.165, 1.54) is 6.92 Å². The van der Waals surface area contributed by atoms with Gasteiger partial charge in [-0.1, -0.05) is 18.5 Å². The van der Waals surface area contributed by atoms with Gasteiger partial charge in [-0.05, 0) is 13.3 Å². The van der Waals surface area contributed by atoms with Crippen LogP contribution in [0.25, 0.3) is 0 Å². The van der Waals surface area contributed by atoms with Crippen molar-refractivity contribution < 1.29 is 13.2 Å². The Hall–Kier alpha value is -0.700. The van der Waals surface area contributed by atoms with E-state index in [1.54, 1.807) is 6.92 Å². The van der Waals surface area contributed by atoms with Crippen LogP contribution in [0.5, 0.6) is 0 Å². The highest BCUT2D eigenvalue weighted by atomic mass is 35.5. The van der Waals surface area contributed by atoms with Crippen molar-refractivity contribution in [3.63, 3.8) is 0 Å². The van der Waals surface area contributed by atoms with Crippen molar-refractivity contribution in [1.29, 1.82) is 0 Å². The van der Waals surface area contributed by atoms with Gasteiger partial charge in [0.1, 0.15) is 5.82 Å². The van der Waals surface area contributed by atoms with Crippen molar-refractivity contribution in [3.05, 3.63) is 33.6 Å². The SMILES string of the molecule is CCc1c(F)c(C)c(F)c(F)c1Cl. The molecule has 1 rings (SSSR count). The lowest BCUT2D eigenvalue weighted by molar-refractivity contribution is 0.482. The lowest BCUT2D eigenvalue weighted by Gasteiger charge is -2.08. The average Bonchev–Trinajstić information content (AvgIpc) is 2.13. The Balaban J connectivity index is 3.56. The molecular weight excluding hydrogens is 201 g/mol. The van der Waals surface area contributed by atoms with Gasteiger partial charge in [0.05, 0.1) is 5.02 Å². The minimum atomic E-state index is -1.21. The Morgan fingerprint density at radius 2 is 1.62 bits per heavy atom. The van der Waals surface area contributed by atoms with Crippen LogP contribution in [0, 0.1) is 24.4 Å². The van der Waals surface area contributed by atoms with Gasteiger partial charge in [-0.2, -0.15) is 0 Å². The van der Waals surface area contributed by atoms with Crippen LogP contribution in [0.1, 0.15) is 18.1 Å². The first kappa shape index (κ1) is 10.4. The first-order chi connectivity index (χ1) is 6.00. The molecule has 4 heteroatoms. The average molecular weight is 209 g/mol. The molecule has 0 saturated carbocycles. The highest BCUT2D eigenvalue weighted by molar-refractivity contribution is 6.31. The second kappa shape index (κ2) is 3.58. The fraction of sp³-hybridized carbons (Fsp3) is 0.333. The molecule has 0 bridgehead atoms. The van der Waals surface area contributed by atoms with Crippen LogP contribution in [0.2, 0.25) is 5.02 Å². The van der Waals surface area contributed by atoms with E-state index in [4.69, 9.17) is 11.6 Å². The molecule has 0 spiro atoms. The summed E-state index contributed by atoms with van der Waals surface area (Å²) in [4.78, 5) is 0. The van der Waals surface area contributed by atoms with Crippen LogP contribution >= 0.6 is 11.6 Å². The summed E-state index contributed by atoms with van der Waals surface area (Å²) in [6.07, 6.45) is 0.239. The van der Waals surface area contributed by atoms with E-state index in [-0.39, 0.29) is 17.5 Å². The standard InChI is InChI=1S/C9H8ClF3/c1-3-5-6(10)9(13)8(12)4(2)7(5)11/h3H2,1-2H3. The molecule has 0 saturated heterocycles. The summed E-state index contributed by atoms with van der Waals surface area (Å²) in [6, 6.07) is 0. The smallest absolute Gasteiger partial charge is 0.178 e. The van der Waals surface area contributed by atoms with Crippen molar-refractivity contribution in [1.82, 2.24) is 0 Å². The molecule has 1 aromatic rings. The fourth-order valence-corrected chi connectivity index (χ4v) is 1.42. The van der Waals surface area contributed by atoms with Gasteiger partial charge in [-0.15, -0.1) is 0 Å². The second-order valence-electron chi connectivity index (χ2n) is 2.71. The first-order valence-corrected chi connectivity index (χ1v) is 4.19. The van der Waals surface area contributed by atoms with Crippen molar-refractivity contribution >= 4 is 11.6 Å². The van der Waals surface area contributed by atoms with E-state index < -0.39 is 22.5 Å². The zero-order chi connectivity index (χ0) is 10.2. The maximum Gasteiger partial charge on any atom is 0.178 e. The minimum Gasteiger partial charge on any atom is -0.206 e. The summed E-state index contributed by atoms with van der Waals surface area (Å²) in [7, 11) is 0. The monoisotopic (exact) mass is 208 g/mol. The number of hydrogen-bond acceptors (Lipinski definition) is 0. The second-order valence-corrected chi connectivity index (χ2v) is 3.09. The third kappa shape index (κ3) is 1.53. The number of benzene rings is 1. The topological polar surface area (TPSA) is 0 Å². The highest BCUT2D eigenvalue weighted by Gasteiger charge is 2.19. The van der Waals surface area contributed by atoms with Crippen molar-refractivity contribution in [2.24, 2.45) is 0 Å². The molecule has 0 nitrogen and oxygen atoms in total. The van der Waals surface area contributed by atoms with E-state index in [0.717, 1.165) is 0 Å². The lowest BCUT2D eigenvalue weighted by atomic mass is 10.1. The fourth-order valence-electron chi connectivity index (χ4n) is 1.12. The van der Waals surface area contributed by atoms with Crippen LogP contribution < -0.4 is 0 Å². The van der Waals surface area contributed by atoms with Crippen LogP contribution in [-0.2, 0) is 6.42 Å². The number of halogens is 4. The molecule has 0 amide bonds. The van der Waals surface area contributed by atoms with Gasteiger partial charge in [-0.3, -0.25) is 0 Å². The summed E-state index contributed by atoms with van der Waals surface area (Å²) in [5.41, 5.74) is -0.295. The Morgan fingerprint density at radius 3 is 2.08 bits per heavy atom. The molecule has 0 radical (unpaired) electrons. The lowest BCUT2D eigenvalue weighted by Crippen LogP contribution is -2.01. The van der Waals surface area contributed by atoms with E-state index in [9.17, 15) is 13.2 Å². The van der Waals surface area contributed by atoms with Gasteiger partial charge in [0.25, 0.3) is 0 Å². The van der Waals surface area contributed by atoms with Crippen molar-refractivity contribution in [2.45, 2.75) is 20.3 Å². The summed E-state index contributed by atoms with van der Waals surface area (Å²) < 4.78 is 39.0. The molecule has 0 aliphatic heterocycles. The number of hydrogen-bond donors (Lipinski definition) is 0. The van der Waals surface area contributed by atoms with Gasteiger partial charge < -0.3 is 0 Å². The third-order valence-electron chi connectivity index (χ3n) is 1.93.